The Balaban J connectivity index is 0.000000313. The summed E-state index contributed by atoms with van der Waals surface area (Å²) in [6, 6.07) is 9.82. The molecule has 1 N–H and O–H groups in total. The molecule has 0 aliphatic heterocycles. The van der Waals surface area contributed by atoms with Crippen molar-refractivity contribution in [3.63, 3.8) is 0 Å². The van der Waals surface area contributed by atoms with Gasteiger partial charge in [0.05, 0.1) is 6.10 Å². The van der Waals surface area contributed by atoms with Gasteiger partial charge in [-0.1, -0.05) is 30.3 Å². The average molecular weight is 320 g/mol. The number of hydrogen-bond donors (Lipinski definition) is 1. The van der Waals surface area contributed by atoms with Crippen LogP contribution < -0.4 is 0 Å². The third-order valence-corrected chi connectivity index (χ3v) is 3.18. The SMILES string of the molecule is OC(CC[C]1[CH][CH][CH][CH]1)c1ccccc1.[CH]1[CH][CH][CH][CH]1.[Fe+2]. The van der Waals surface area contributed by atoms with Crippen LogP contribution in [0, 0.1) is 63.7 Å². The van der Waals surface area contributed by atoms with Crippen molar-refractivity contribution >= 4 is 0 Å². The van der Waals surface area contributed by atoms with Gasteiger partial charge < -0.3 is 5.11 Å². The van der Waals surface area contributed by atoms with E-state index < -0.39 is 0 Å². The minimum Gasteiger partial charge on any atom is -0.388 e. The second kappa shape index (κ2) is 11.3. The zero-order valence-corrected chi connectivity index (χ0v) is 13.0. The minimum atomic E-state index is -0.346. The summed E-state index contributed by atoms with van der Waals surface area (Å²) >= 11 is 0. The quantitative estimate of drug-likeness (QED) is 0.834. The molecule has 2 heteroatoms. The van der Waals surface area contributed by atoms with E-state index >= 15 is 0 Å². The van der Waals surface area contributed by atoms with Crippen molar-refractivity contribution in [3.8, 4) is 0 Å². The van der Waals surface area contributed by atoms with Crippen molar-refractivity contribution in [3.05, 3.63) is 99.6 Å². The first-order chi connectivity index (χ1) is 9.86. The standard InChI is InChI=1S/C14H15O.C5H5.Fe/c15-14(13-8-2-1-3-9-13)11-10-12-6-4-5-7-12;1-2-4-5-3-1;/h1-9,14-15H,10-11H2;1-5H;/q;;+2. The molecule has 2 aliphatic carbocycles. The predicted molar refractivity (Wildman–Crippen MR) is 82.6 cm³/mol. The normalized spacial score (nSPS) is 19.5. The van der Waals surface area contributed by atoms with Crippen LogP contribution in [-0.4, -0.2) is 5.11 Å². The summed E-state index contributed by atoms with van der Waals surface area (Å²) < 4.78 is 0. The van der Waals surface area contributed by atoms with E-state index in [1.54, 1.807) is 0 Å². The Morgan fingerprint density at radius 1 is 0.762 bits per heavy atom. The summed E-state index contributed by atoms with van der Waals surface area (Å²) in [6.07, 6.45) is 19.6. The Morgan fingerprint density at radius 2 is 1.29 bits per heavy atom. The summed E-state index contributed by atoms with van der Waals surface area (Å²) in [4.78, 5) is 0. The average Bonchev–Trinajstić information content (AvgIpc) is 3.21. The van der Waals surface area contributed by atoms with E-state index in [-0.39, 0.29) is 23.2 Å². The van der Waals surface area contributed by atoms with E-state index in [4.69, 9.17) is 0 Å². The summed E-state index contributed by atoms with van der Waals surface area (Å²) in [5.41, 5.74) is 1.00. The van der Waals surface area contributed by atoms with E-state index in [1.807, 2.05) is 75.3 Å². The number of aliphatic hydroxyl groups excluding tert-OH is 1. The third-order valence-electron chi connectivity index (χ3n) is 3.18. The Bertz CT molecular complexity index is 334. The summed E-state index contributed by atoms with van der Waals surface area (Å²) in [7, 11) is 0. The van der Waals surface area contributed by atoms with Crippen LogP contribution in [0.4, 0.5) is 0 Å². The molecule has 0 bridgehead atoms. The van der Waals surface area contributed by atoms with Crippen molar-refractivity contribution in [2.75, 3.05) is 0 Å². The second-order valence-electron chi connectivity index (χ2n) is 4.72. The molecule has 1 atom stereocenters. The molecule has 0 aromatic heterocycles. The first-order valence-corrected chi connectivity index (χ1v) is 6.96. The van der Waals surface area contributed by atoms with E-state index in [0.29, 0.717) is 0 Å². The van der Waals surface area contributed by atoms with Crippen LogP contribution in [0.1, 0.15) is 24.5 Å². The molecule has 0 amide bonds. The van der Waals surface area contributed by atoms with Gasteiger partial charge in [-0.2, -0.15) is 0 Å². The Labute approximate surface area is 141 Å². The van der Waals surface area contributed by atoms with E-state index in [1.165, 1.54) is 5.92 Å². The topological polar surface area (TPSA) is 20.2 Å². The van der Waals surface area contributed by atoms with Crippen molar-refractivity contribution in [1.82, 2.24) is 0 Å². The second-order valence-corrected chi connectivity index (χ2v) is 4.72. The molecule has 2 fully saturated rings. The predicted octanol–water partition coefficient (Wildman–Crippen LogP) is 3.92. The number of benzene rings is 1. The zero-order valence-electron chi connectivity index (χ0n) is 11.9. The van der Waals surface area contributed by atoms with Crippen LogP contribution in [0.5, 0.6) is 0 Å². The van der Waals surface area contributed by atoms with Gasteiger partial charge in [0, 0.05) is 0 Å². The van der Waals surface area contributed by atoms with Gasteiger partial charge in [0.25, 0.3) is 0 Å². The van der Waals surface area contributed by atoms with Gasteiger partial charge in [-0.15, -0.1) is 0 Å². The fourth-order valence-electron chi connectivity index (χ4n) is 2.05. The third kappa shape index (κ3) is 7.49. The zero-order chi connectivity index (χ0) is 14.0. The molecule has 2 saturated carbocycles. The number of aliphatic hydroxyl groups is 1. The van der Waals surface area contributed by atoms with Crippen molar-refractivity contribution < 1.29 is 22.2 Å². The van der Waals surface area contributed by atoms with Crippen molar-refractivity contribution in [2.45, 2.75) is 18.9 Å². The van der Waals surface area contributed by atoms with Gasteiger partial charge >= 0.3 is 17.1 Å². The molecule has 10 radical (unpaired) electrons. The first kappa shape index (κ1) is 18.7. The molecule has 108 valence electrons. The molecular weight excluding hydrogens is 300 g/mol. The number of hydrogen-bond acceptors (Lipinski definition) is 1. The van der Waals surface area contributed by atoms with E-state index in [2.05, 4.69) is 12.8 Å². The maximum Gasteiger partial charge on any atom is 2.00 e. The monoisotopic (exact) mass is 320 g/mol. The molecule has 21 heavy (non-hydrogen) atoms. The van der Waals surface area contributed by atoms with E-state index in [9.17, 15) is 5.11 Å². The fraction of sp³-hybridized carbons (Fsp3) is 0.158. The van der Waals surface area contributed by atoms with Crippen LogP contribution in [0.25, 0.3) is 0 Å². The summed E-state index contributed by atoms with van der Waals surface area (Å²) in [5, 5.41) is 9.92. The first-order valence-electron chi connectivity index (χ1n) is 6.96. The molecule has 1 nitrogen and oxygen atoms in total. The van der Waals surface area contributed by atoms with Crippen LogP contribution in [0.15, 0.2) is 30.3 Å². The molecule has 1 aromatic carbocycles. The minimum absolute atomic E-state index is 0. The van der Waals surface area contributed by atoms with Crippen LogP contribution in [0.3, 0.4) is 0 Å². The summed E-state index contributed by atoms with van der Waals surface area (Å²) in [6.45, 7) is 0. The molecule has 3 rings (SSSR count). The van der Waals surface area contributed by atoms with Crippen LogP contribution in [-0.2, 0) is 17.1 Å². The maximum atomic E-state index is 9.92. The molecular formula is C19H20FeO+2. The van der Waals surface area contributed by atoms with Gasteiger partial charge in [-0.25, -0.2) is 0 Å². The Morgan fingerprint density at radius 3 is 1.81 bits per heavy atom. The van der Waals surface area contributed by atoms with Crippen LogP contribution >= 0.6 is 0 Å². The van der Waals surface area contributed by atoms with Crippen molar-refractivity contribution in [1.29, 1.82) is 0 Å². The van der Waals surface area contributed by atoms with Gasteiger partial charge in [-0.3, -0.25) is 0 Å². The summed E-state index contributed by atoms with van der Waals surface area (Å²) in [5.74, 6) is 1.30. The molecule has 0 heterocycles. The van der Waals surface area contributed by atoms with Gasteiger partial charge in [0.1, 0.15) is 0 Å². The van der Waals surface area contributed by atoms with Crippen molar-refractivity contribution in [2.24, 2.45) is 0 Å². The maximum absolute atomic E-state index is 9.92. The van der Waals surface area contributed by atoms with Gasteiger partial charge in [0.15, 0.2) is 0 Å². The molecule has 0 saturated heterocycles. The Hall–Kier alpha value is -0.301. The molecule has 1 aromatic rings. The largest absolute Gasteiger partial charge is 2.00 e. The molecule has 2 aliphatic rings. The molecule has 1 unspecified atom stereocenters. The Kier molecular flexibility index (Phi) is 10.1. The van der Waals surface area contributed by atoms with Gasteiger partial charge in [0.2, 0.25) is 0 Å². The number of rotatable bonds is 4. The van der Waals surface area contributed by atoms with E-state index in [0.717, 1.165) is 18.4 Å². The fourth-order valence-corrected chi connectivity index (χ4v) is 2.05. The molecule has 0 spiro atoms. The smallest absolute Gasteiger partial charge is 0.388 e. The van der Waals surface area contributed by atoms with Gasteiger partial charge in [-0.05, 0) is 82.1 Å². The van der Waals surface area contributed by atoms with Crippen LogP contribution in [0.2, 0.25) is 0 Å².